The van der Waals surface area contributed by atoms with Gasteiger partial charge in [-0.2, -0.15) is 0 Å². The molecular formula is C15H18N2O4. The summed E-state index contributed by atoms with van der Waals surface area (Å²) < 4.78 is 4.83. The fourth-order valence-electron chi connectivity index (χ4n) is 2.61. The van der Waals surface area contributed by atoms with Crippen LogP contribution in [0.3, 0.4) is 0 Å². The Morgan fingerprint density at radius 3 is 2.81 bits per heavy atom. The van der Waals surface area contributed by atoms with Gasteiger partial charge in [-0.3, -0.25) is 10.1 Å². The quantitative estimate of drug-likeness (QED) is 0.483. The van der Waals surface area contributed by atoms with Crippen LogP contribution in [0.15, 0.2) is 42.2 Å². The van der Waals surface area contributed by atoms with Gasteiger partial charge in [0.2, 0.25) is 0 Å². The zero-order valence-corrected chi connectivity index (χ0v) is 11.9. The fourth-order valence-corrected chi connectivity index (χ4v) is 2.61. The van der Waals surface area contributed by atoms with E-state index >= 15 is 0 Å². The van der Waals surface area contributed by atoms with E-state index in [-0.39, 0.29) is 5.97 Å². The molecule has 6 nitrogen and oxygen atoms in total. The maximum Gasteiger partial charge on any atom is 0.328 e. The highest BCUT2D eigenvalue weighted by Gasteiger charge is 2.33. The summed E-state index contributed by atoms with van der Waals surface area (Å²) in [6, 6.07) is 9.13. The molecule has 0 amide bonds. The first-order chi connectivity index (χ1) is 10.1. The Hall–Kier alpha value is -2.37. The summed E-state index contributed by atoms with van der Waals surface area (Å²) in [7, 11) is 1.34. The van der Waals surface area contributed by atoms with Crippen molar-refractivity contribution in [2.75, 3.05) is 7.11 Å². The summed E-state index contributed by atoms with van der Waals surface area (Å²) in [5.74, 6) is -0.347. The Bertz CT molecular complexity index is 542. The second-order valence-electron chi connectivity index (χ2n) is 4.95. The van der Waals surface area contributed by atoms with E-state index in [0.29, 0.717) is 25.1 Å². The molecule has 0 N–H and O–H groups in total. The third-order valence-electron chi connectivity index (χ3n) is 3.58. The highest BCUT2D eigenvalue weighted by atomic mass is 16.6. The van der Waals surface area contributed by atoms with E-state index in [1.165, 1.54) is 7.11 Å². The van der Waals surface area contributed by atoms with Crippen LogP contribution in [0, 0.1) is 10.1 Å². The average molecular weight is 290 g/mol. The second kappa shape index (κ2) is 6.88. The first kappa shape index (κ1) is 15.0. The zero-order valence-electron chi connectivity index (χ0n) is 11.9. The number of allylic oxidation sites excluding steroid dienone is 1. The third kappa shape index (κ3) is 3.81. The number of carbonyl (C=O) groups is 1. The van der Waals surface area contributed by atoms with Crippen LogP contribution < -0.4 is 0 Å². The van der Waals surface area contributed by atoms with E-state index < -0.39 is 11.0 Å². The number of hydrogen-bond acceptors (Lipinski definition) is 5. The van der Waals surface area contributed by atoms with Gasteiger partial charge in [0, 0.05) is 6.54 Å². The number of piperidine rings is 1. The molecule has 0 aliphatic carbocycles. The van der Waals surface area contributed by atoms with Crippen LogP contribution in [0.1, 0.15) is 24.8 Å². The predicted octanol–water partition coefficient (Wildman–Crippen LogP) is 2.33. The summed E-state index contributed by atoms with van der Waals surface area (Å²) in [4.78, 5) is 24.1. The van der Waals surface area contributed by atoms with Gasteiger partial charge in [-0.05, 0) is 24.8 Å². The molecule has 1 aromatic carbocycles. The van der Waals surface area contributed by atoms with E-state index in [9.17, 15) is 14.9 Å². The highest BCUT2D eigenvalue weighted by Crippen LogP contribution is 2.28. The van der Waals surface area contributed by atoms with E-state index in [2.05, 4.69) is 0 Å². The van der Waals surface area contributed by atoms with Gasteiger partial charge < -0.3 is 9.64 Å². The number of ether oxygens (including phenoxy) is 1. The van der Waals surface area contributed by atoms with E-state index in [4.69, 9.17) is 4.74 Å². The molecule has 0 unspecified atom stereocenters. The SMILES string of the molecule is COC(=O)[C@@H]1CCC/C(=C\[N+](=O)[O-])N1Cc1ccccc1. The summed E-state index contributed by atoms with van der Waals surface area (Å²) in [5, 5.41) is 10.8. The van der Waals surface area contributed by atoms with E-state index in [1.54, 1.807) is 4.90 Å². The molecule has 0 radical (unpaired) electrons. The third-order valence-corrected chi connectivity index (χ3v) is 3.58. The molecule has 1 aliphatic heterocycles. The van der Waals surface area contributed by atoms with Gasteiger partial charge in [0.05, 0.1) is 17.7 Å². The Morgan fingerprint density at radius 1 is 1.48 bits per heavy atom. The van der Waals surface area contributed by atoms with Crippen LogP contribution in [-0.2, 0) is 16.1 Å². The predicted molar refractivity (Wildman–Crippen MR) is 76.7 cm³/mol. The lowest BCUT2D eigenvalue weighted by Gasteiger charge is -2.36. The largest absolute Gasteiger partial charge is 0.467 e. The molecule has 21 heavy (non-hydrogen) atoms. The van der Waals surface area contributed by atoms with Crippen LogP contribution in [-0.4, -0.2) is 28.9 Å². The molecule has 0 spiro atoms. The van der Waals surface area contributed by atoms with Crippen molar-refractivity contribution in [3.63, 3.8) is 0 Å². The Labute approximate surface area is 123 Å². The summed E-state index contributed by atoms with van der Waals surface area (Å²) in [6.45, 7) is 0.459. The molecule has 1 aliphatic rings. The number of nitro groups is 1. The summed E-state index contributed by atoms with van der Waals surface area (Å²) >= 11 is 0. The number of benzene rings is 1. The molecule has 0 bridgehead atoms. The highest BCUT2D eigenvalue weighted by molar-refractivity contribution is 5.76. The molecule has 112 valence electrons. The Kier molecular flexibility index (Phi) is 4.92. The van der Waals surface area contributed by atoms with Crippen molar-refractivity contribution < 1.29 is 14.5 Å². The summed E-state index contributed by atoms with van der Waals surface area (Å²) in [6.07, 6.45) is 2.98. The van der Waals surface area contributed by atoms with Crippen molar-refractivity contribution in [3.8, 4) is 0 Å². The lowest BCUT2D eigenvalue weighted by atomic mass is 9.98. The molecular weight excluding hydrogens is 272 g/mol. The first-order valence-corrected chi connectivity index (χ1v) is 6.84. The number of hydrogen-bond donors (Lipinski definition) is 0. The minimum atomic E-state index is -0.465. The maximum atomic E-state index is 11.9. The van der Waals surface area contributed by atoms with Crippen molar-refractivity contribution in [3.05, 3.63) is 57.9 Å². The van der Waals surface area contributed by atoms with Gasteiger partial charge in [-0.15, -0.1) is 0 Å². The molecule has 1 saturated heterocycles. The molecule has 1 atom stereocenters. The van der Waals surface area contributed by atoms with E-state index in [0.717, 1.165) is 18.2 Å². The van der Waals surface area contributed by atoms with Gasteiger partial charge >= 0.3 is 5.97 Å². The smallest absolute Gasteiger partial charge is 0.328 e. The normalized spacial score (nSPS) is 20.3. The van der Waals surface area contributed by atoms with E-state index in [1.807, 2.05) is 30.3 Å². The molecule has 0 saturated carbocycles. The van der Waals surface area contributed by atoms with Crippen LogP contribution >= 0.6 is 0 Å². The number of esters is 1. The van der Waals surface area contributed by atoms with Gasteiger partial charge in [-0.25, -0.2) is 4.79 Å². The Morgan fingerprint density at radius 2 is 2.19 bits per heavy atom. The lowest BCUT2D eigenvalue weighted by molar-refractivity contribution is -0.404. The minimum Gasteiger partial charge on any atom is -0.467 e. The molecule has 6 heteroatoms. The Balaban J connectivity index is 2.29. The number of nitrogens with zero attached hydrogens (tertiary/aromatic N) is 2. The van der Waals surface area contributed by atoms with Crippen molar-refractivity contribution in [2.24, 2.45) is 0 Å². The topological polar surface area (TPSA) is 72.7 Å². The standard InChI is InChI=1S/C15H18N2O4/c1-21-15(18)14-9-5-8-13(11-17(19)20)16(14)10-12-6-3-2-4-7-12/h2-4,6-7,11,14H,5,8-10H2,1H3/b13-11+/t14-/m0/s1. The molecule has 1 heterocycles. The second-order valence-corrected chi connectivity index (χ2v) is 4.95. The van der Waals surface area contributed by atoms with Crippen LogP contribution in [0.4, 0.5) is 0 Å². The maximum absolute atomic E-state index is 11.9. The number of methoxy groups -OCH3 is 1. The van der Waals surface area contributed by atoms with Gasteiger partial charge in [-0.1, -0.05) is 30.3 Å². The van der Waals surface area contributed by atoms with Crippen molar-refractivity contribution >= 4 is 5.97 Å². The molecule has 2 rings (SSSR count). The first-order valence-electron chi connectivity index (χ1n) is 6.84. The monoisotopic (exact) mass is 290 g/mol. The van der Waals surface area contributed by atoms with Crippen LogP contribution in [0.2, 0.25) is 0 Å². The number of rotatable bonds is 4. The lowest BCUT2D eigenvalue weighted by Crippen LogP contribution is -2.43. The number of likely N-dealkylation sites (tertiary alicyclic amines) is 1. The van der Waals surface area contributed by atoms with Crippen molar-refractivity contribution in [1.29, 1.82) is 0 Å². The molecule has 1 aromatic rings. The summed E-state index contributed by atoms with van der Waals surface area (Å²) in [5.41, 5.74) is 1.58. The van der Waals surface area contributed by atoms with Crippen LogP contribution in [0.25, 0.3) is 0 Å². The zero-order chi connectivity index (χ0) is 15.2. The number of carbonyl (C=O) groups excluding carboxylic acids is 1. The van der Waals surface area contributed by atoms with Crippen molar-refractivity contribution in [2.45, 2.75) is 31.8 Å². The van der Waals surface area contributed by atoms with Crippen molar-refractivity contribution in [1.82, 2.24) is 4.90 Å². The fraction of sp³-hybridized carbons (Fsp3) is 0.400. The van der Waals surface area contributed by atoms with Gasteiger partial charge in [0.15, 0.2) is 0 Å². The van der Waals surface area contributed by atoms with Crippen LogP contribution in [0.5, 0.6) is 0 Å². The molecule has 1 fully saturated rings. The van der Waals surface area contributed by atoms with Gasteiger partial charge in [0.25, 0.3) is 6.20 Å². The average Bonchev–Trinajstić information content (AvgIpc) is 2.48. The molecule has 0 aromatic heterocycles. The minimum absolute atomic E-state index is 0.347. The van der Waals surface area contributed by atoms with Gasteiger partial charge in [0.1, 0.15) is 6.04 Å².